The Morgan fingerprint density at radius 1 is 1.13 bits per heavy atom. The van der Waals surface area contributed by atoms with Crippen molar-refractivity contribution in [1.82, 2.24) is 15.0 Å². The fourth-order valence-electron chi connectivity index (χ4n) is 1.37. The second kappa shape index (κ2) is 4.61. The summed E-state index contributed by atoms with van der Waals surface area (Å²) in [5.41, 5.74) is 1.83. The van der Waals surface area contributed by atoms with E-state index in [1.165, 1.54) is 0 Å². The third-order valence-corrected chi connectivity index (χ3v) is 3.48. The highest BCUT2D eigenvalue weighted by Gasteiger charge is 2.08. The molecule has 2 aromatic rings. The Morgan fingerprint density at radius 2 is 1.67 bits per heavy atom. The van der Waals surface area contributed by atoms with E-state index in [9.17, 15) is 0 Å². The number of unbranched alkanes of at least 4 members (excludes halogenated alkanes) is 1. The molecule has 0 amide bonds. The van der Waals surface area contributed by atoms with Crippen molar-refractivity contribution >= 4 is 42.9 Å². The third-order valence-electron chi connectivity index (χ3n) is 2.20. The monoisotopic (exact) mass is 331 g/mol. The molecule has 0 bridgehead atoms. The van der Waals surface area contributed by atoms with Crippen LogP contribution in [-0.4, -0.2) is 15.0 Å². The lowest BCUT2D eigenvalue weighted by atomic mass is 10.3. The van der Waals surface area contributed by atoms with Crippen LogP contribution in [0.2, 0.25) is 0 Å². The fraction of sp³-hybridized carbons (Fsp3) is 0.400. The number of hydrogen-bond acceptors (Lipinski definition) is 2. The largest absolute Gasteiger partial charge is 0.184 e. The molecule has 1 aromatic carbocycles. The summed E-state index contributed by atoms with van der Waals surface area (Å²) in [7, 11) is 0. The summed E-state index contributed by atoms with van der Waals surface area (Å²) < 4.78 is 1.98. The van der Waals surface area contributed by atoms with Gasteiger partial charge in [0.1, 0.15) is 11.0 Å². The van der Waals surface area contributed by atoms with Gasteiger partial charge in [0.2, 0.25) is 0 Å². The summed E-state index contributed by atoms with van der Waals surface area (Å²) in [6.45, 7) is 3.04. The molecule has 0 saturated heterocycles. The quantitative estimate of drug-likeness (QED) is 0.856. The van der Waals surface area contributed by atoms with Gasteiger partial charge in [-0.15, -0.1) is 0 Å². The van der Waals surface area contributed by atoms with Gasteiger partial charge in [-0.3, -0.25) is 0 Å². The van der Waals surface area contributed by atoms with Crippen LogP contribution in [0.25, 0.3) is 11.0 Å². The SMILES string of the molecule is CCCCn1nc2c(Br)ccc(Br)c2n1. The summed E-state index contributed by atoms with van der Waals surface area (Å²) in [6, 6.07) is 3.95. The van der Waals surface area contributed by atoms with Gasteiger partial charge in [0.15, 0.2) is 0 Å². The zero-order valence-corrected chi connectivity index (χ0v) is 11.5. The predicted molar refractivity (Wildman–Crippen MR) is 67.8 cm³/mol. The lowest BCUT2D eigenvalue weighted by molar-refractivity contribution is 0.514. The molecule has 0 fully saturated rings. The van der Waals surface area contributed by atoms with Crippen molar-refractivity contribution in [1.29, 1.82) is 0 Å². The molecular formula is C10H11Br2N3. The minimum atomic E-state index is 0.879. The number of halogens is 2. The number of aryl methyl sites for hydroxylation is 1. The second-order valence-corrected chi connectivity index (χ2v) is 5.08. The molecule has 0 N–H and O–H groups in total. The van der Waals surface area contributed by atoms with Gasteiger partial charge in [-0.1, -0.05) is 13.3 Å². The van der Waals surface area contributed by atoms with E-state index in [0.717, 1.165) is 39.4 Å². The van der Waals surface area contributed by atoms with Crippen LogP contribution >= 0.6 is 31.9 Å². The number of benzene rings is 1. The van der Waals surface area contributed by atoms with Gasteiger partial charge in [-0.25, -0.2) is 0 Å². The first-order valence-corrected chi connectivity index (χ1v) is 6.50. The van der Waals surface area contributed by atoms with Crippen molar-refractivity contribution in [2.45, 2.75) is 26.3 Å². The number of hydrogen-bond donors (Lipinski definition) is 0. The molecule has 0 saturated carbocycles. The first-order chi connectivity index (χ1) is 7.22. The standard InChI is InChI=1S/C10H11Br2N3/c1-2-3-6-15-13-9-7(11)4-5-8(12)10(9)14-15/h4-5H,2-3,6H2,1H3. The Kier molecular flexibility index (Phi) is 3.41. The predicted octanol–water partition coefficient (Wildman–Crippen LogP) is 3.76. The van der Waals surface area contributed by atoms with Crippen molar-refractivity contribution in [2.75, 3.05) is 0 Å². The molecule has 80 valence electrons. The first kappa shape index (κ1) is 11.1. The molecule has 5 heteroatoms. The highest BCUT2D eigenvalue weighted by molar-refractivity contribution is 9.11. The van der Waals surface area contributed by atoms with Crippen LogP contribution in [0.1, 0.15) is 19.8 Å². The van der Waals surface area contributed by atoms with Crippen LogP contribution in [-0.2, 0) is 6.54 Å². The molecule has 3 nitrogen and oxygen atoms in total. The van der Waals surface area contributed by atoms with E-state index in [-0.39, 0.29) is 0 Å². The Morgan fingerprint density at radius 3 is 2.13 bits per heavy atom. The molecule has 0 aliphatic rings. The molecule has 0 unspecified atom stereocenters. The van der Waals surface area contributed by atoms with E-state index >= 15 is 0 Å². The van der Waals surface area contributed by atoms with Gasteiger partial charge in [-0.05, 0) is 50.4 Å². The molecule has 0 aliphatic carbocycles. The molecule has 15 heavy (non-hydrogen) atoms. The van der Waals surface area contributed by atoms with Crippen molar-refractivity contribution < 1.29 is 0 Å². The highest BCUT2D eigenvalue weighted by atomic mass is 79.9. The first-order valence-electron chi connectivity index (χ1n) is 4.91. The summed E-state index contributed by atoms with van der Waals surface area (Å²) in [5.74, 6) is 0. The molecule has 0 aliphatic heterocycles. The third kappa shape index (κ3) is 2.23. The average Bonchev–Trinajstić information content (AvgIpc) is 2.66. The maximum absolute atomic E-state index is 4.44. The van der Waals surface area contributed by atoms with Crippen LogP contribution in [0.3, 0.4) is 0 Å². The van der Waals surface area contributed by atoms with Gasteiger partial charge in [0.25, 0.3) is 0 Å². The molecule has 0 atom stereocenters. The second-order valence-electron chi connectivity index (χ2n) is 3.38. The van der Waals surface area contributed by atoms with Crippen molar-refractivity contribution in [3.63, 3.8) is 0 Å². The Labute approximate surface area is 105 Å². The summed E-state index contributed by atoms with van der Waals surface area (Å²) in [5, 5.41) is 8.88. The summed E-state index contributed by atoms with van der Waals surface area (Å²) in [6.07, 6.45) is 2.26. The van der Waals surface area contributed by atoms with Gasteiger partial charge in [0.05, 0.1) is 6.54 Å². The smallest absolute Gasteiger partial charge is 0.128 e. The van der Waals surface area contributed by atoms with Crippen LogP contribution in [0.5, 0.6) is 0 Å². The fourth-order valence-corrected chi connectivity index (χ4v) is 2.17. The minimum Gasteiger partial charge on any atom is -0.184 e. The molecule has 0 spiro atoms. The Balaban J connectivity index is 2.45. The molecular weight excluding hydrogens is 322 g/mol. The van der Waals surface area contributed by atoms with E-state index in [4.69, 9.17) is 0 Å². The maximum Gasteiger partial charge on any atom is 0.128 e. The number of rotatable bonds is 3. The molecule has 2 rings (SSSR count). The van der Waals surface area contributed by atoms with Crippen LogP contribution < -0.4 is 0 Å². The van der Waals surface area contributed by atoms with E-state index < -0.39 is 0 Å². The van der Waals surface area contributed by atoms with Crippen molar-refractivity contribution in [3.05, 3.63) is 21.1 Å². The van der Waals surface area contributed by atoms with Gasteiger partial charge < -0.3 is 0 Å². The number of nitrogens with zero attached hydrogens (tertiary/aromatic N) is 3. The summed E-state index contributed by atoms with van der Waals surface area (Å²) >= 11 is 6.95. The van der Waals surface area contributed by atoms with Gasteiger partial charge >= 0.3 is 0 Å². The highest BCUT2D eigenvalue weighted by Crippen LogP contribution is 2.27. The lowest BCUT2D eigenvalue weighted by Crippen LogP contribution is -2.01. The van der Waals surface area contributed by atoms with E-state index in [1.54, 1.807) is 4.80 Å². The lowest BCUT2D eigenvalue weighted by Gasteiger charge is -1.94. The number of fused-ring (bicyclic) bond motifs is 1. The number of aromatic nitrogens is 3. The average molecular weight is 333 g/mol. The van der Waals surface area contributed by atoms with E-state index in [0.29, 0.717) is 0 Å². The maximum atomic E-state index is 4.44. The Bertz CT molecular complexity index is 440. The topological polar surface area (TPSA) is 30.7 Å². The zero-order valence-electron chi connectivity index (χ0n) is 8.37. The van der Waals surface area contributed by atoms with E-state index in [2.05, 4.69) is 49.0 Å². The van der Waals surface area contributed by atoms with Crippen LogP contribution in [0.15, 0.2) is 21.1 Å². The normalized spacial score (nSPS) is 11.1. The summed E-state index contributed by atoms with van der Waals surface area (Å²) in [4.78, 5) is 1.77. The molecule has 1 heterocycles. The van der Waals surface area contributed by atoms with E-state index in [1.807, 2.05) is 12.1 Å². The van der Waals surface area contributed by atoms with Crippen LogP contribution in [0, 0.1) is 0 Å². The van der Waals surface area contributed by atoms with Crippen molar-refractivity contribution in [2.24, 2.45) is 0 Å². The Hall–Kier alpha value is -0.420. The van der Waals surface area contributed by atoms with Crippen LogP contribution in [0.4, 0.5) is 0 Å². The molecule has 0 radical (unpaired) electrons. The minimum absolute atomic E-state index is 0.879. The van der Waals surface area contributed by atoms with Gasteiger partial charge in [0, 0.05) is 8.95 Å². The molecule has 1 aromatic heterocycles. The zero-order chi connectivity index (χ0) is 10.8. The van der Waals surface area contributed by atoms with Gasteiger partial charge in [-0.2, -0.15) is 15.0 Å². The van der Waals surface area contributed by atoms with Crippen molar-refractivity contribution in [3.8, 4) is 0 Å².